The largest absolute Gasteiger partial charge is 0.483 e. The van der Waals surface area contributed by atoms with E-state index in [9.17, 15) is 29.1 Å². The number of aliphatic carboxylic acids is 1. The summed E-state index contributed by atoms with van der Waals surface area (Å²) >= 11 is 12.2. The third-order valence-corrected chi connectivity index (χ3v) is 12.5. The summed E-state index contributed by atoms with van der Waals surface area (Å²) in [6.07, 6.45) is 0.407. The highest BCUT2D eigenvalue weighted by Gasteiger charge is 2.69. The summed E-state index contributed by atoms with van der Waals surface area (Å²) in [5.41, 5.74) is 1.37. The SMILES string of the molecule is O=C(O)CCN1C(=O)C2C3CC(C2C1=O)C1C3Sc2[nH]c(=O)sc2[C@@H]1c1cc(Br)ccc1OCC(=O)Nc1ccc(Cl)cc1. The first-order chi connectivity index (χ1) is 21.1. The molecule has 1 saturated heterocycles. The highest BCUT2D eigenvalue weighted by atomic mass is 79.9. The van der Waals surface area contributed by atoms with Gasteiger partial charge >= 0.3 is 10.8 Å². The van der Waals surface area contributed by atoms with Crippen molar-refractivity contribution < 1.29 is 29.0 Å². The van der Waals surface area contributed by atoms with Crippen LogP contribution in [0.1, 0.15) is 29.2 Å². The van der Waals surface area contributed by atoms with Gasteiger partial charge in [0.25, 0.3) is 5.91 Å². The molecule has 4 aliphatic rings. The average Bonchev–Trinajstić information content (AvgIpc) is 3.71. The number of thiazole rings is 1. The Morgan fingerprint density at radius 3 is 2.55 bits per heavy atom. The number of nitrogens with one attached hydrogen (secondary N) is 2. The summed E-state index contributed by atoms with van der Waals surface area (Å²) in [7, 11) is 0. The Bertz CT molecular complexity index is 1760. The minimum absolute atomic E-state index is 0.0415. The van der Waals surface area contributed by atoms with Gasteiger partial charge in [-0.2, -0.15) is 0 Å². The standard InChI is InChI=1S/C30H25BrClN3O7S2/c31-12-1-6-18(42-11-19(36)33-14-4-2-13(32)3-5-14)15(9-12)21-22-16-10-17(25(22)43-27-26(21)44-30(41)34-27)24-23(16)28(39)35(29(24)40)8-7-20(37)38/h1-6,9,16-17,21-25H,7-8,10-11H2,(H,33,36)(H,34,41)(H,37,38)/t16?,17?,21-,22?,23?,24?,25?/m1/s1. The van der Waals surface area contributed by atoms with Gasteiger partial charge in [-0.25, -0.2) is 0 Å². The van der Waals surface area contributed by atoms with Crippen molar-refractivity contribution >= 4 is 80.0 Å². The number of anilines is 1. The second-order valence-electron chi connectivity index (χ2n) is 11.5. The number of carboxylic acid groups (broad SMARTS) is 1. The topological polar surface area (TPSA) is 146 Å². The van der Waals surface area contributed by atoms with Gasteiger partial charge in [-0.1, -0.05) is 38.9 Å². The number of thioether (sulfide) groups is 1. The van der Waals surface area contributed by atoms with Crippen LogP contribution in [-0.2, 0) is 19.2 Å². The monoisotopic (exact) mass is 717 g/mol. The molecule has 6 unspecified atom stereocenters. The molecule has 10 nitrogen and oxygen atoms in total. The van der Waals surface area contributed by atoms with Crippen LogP contribution in [0.4, 0.5) is 5.69 Å². The zero-order chi connectivity index (χ0) is 30.9. The minimum atomic E-state index is -1.06. The molecule has 3 amide bonds. The van der Waals surface area contributed by atoms with Crippen LogP contribution < -0.4 is 14.9 Å². The molecule has 2 aliphatic carbocycles. The van der Waals surface area contributed by atoms with Crippen molar-refractivity contribution in [1.29, 1.82) is 0 Å². The first kappa shape index (κ1) is 29.6. The number of carboxylic acids is 1. The van der Waals surface area contributed by atoms with Gasteiger partial charge in [0.05, 0.1) is 23.3 Å². The number of halogens is 2. The summed E-state index contributed by atoms with van der Waals surface area (Å²) in [4.78, 5) is 68.5. The number of aromatic amines is 1. The van der Waals surface area contributed by atoms with Gasteiger partial charge < -0.3 is 20.1 Å². The molecule has 3 fully saturated rings. The molecule has 7 rings (SSSR count). The van der Waals surface area contributed by atoms with Gasteiger partial charge in [0.15, 0.2) is 6.61 Å². The average molecular weight is 719 g/mol. The Hall–Kier alpha value is -3.13. The molecular weight excluding hydrogens is 694 g/mol. The number of rotatable bonds is 8. The van der Waals surface area contributed by atoms with Gasteiger partial charge in [0.1, 0.15) is 5.75 Å². The Morgan fingerprint density at radius 2 is 1.82 bits per heavy atom. The number of likely N-dealkylation sites (tertiary alicyclic amines) is 1. The van der Waals surface area contributed by atoms with Crippen molar-refractivity contribution in [2.24, 2.45) is 29.6 Å². The number of amides is 3. The lowest BCUT2D eigenvalue weighted by molar-refractivity contribution is -0.142. The van der Waals surface area contributed by atoms with Crippen LogP contribution in [0.3, 0.4) is 0 Å². The maximum atomic E-state index is 13.6. The molecule has 44 heavy (non-hydrogen) atoms. The molecule has 0 radical (unpaired) electrons. The van der Waals surface area contributed by atoms with Crippen LogP contribution in [-0.4, -0.2) is 57.1 Å². The number of carbonyl (C=O) groups is 4. The fourth-order valence-corrected chi connectivity index (χ4v) is 11.0. The summed E-state index contributed by atoms with van der Waals surface area (Å²) < 4.78 is 6.90. The normalized spacial score (nSPS) is 28.0. The molecule has 3 aromatic rings. The molecule has 2 saturated carbocycles. The number of H-pyrrole nitrogens is 1. The van der Waals surface area contributed by atoms with Crippen LogP contribution in [0.5, 0.6) is 5.75 Å². The molecule has 1 aromatic heterocycles. The summed E-state index contributed by atoms with van der Waals surface area (Å²) in [5, 5.41) is 13.2. The van der Waals surface area contributed by atoms with E-state index < -0.39 is 17.8 Å². The Morgan fingerprint density at radius 1 is 1.09 bits per heavy atom. The van der Waals surface area contributed by atoms with E-state index in [2.05, 4.69) is 26.2 Å². The third kappa shape index (κ3) is 4.97. The summed E-state index contributed by atoms with van der Waals surface area (Å²) in [6, 6.07) is 12.3. The highest BCUT2D eigenvalue weighted by molar-refractivity contribution is 9.10. The van der Waals surface area contributed by atoms with E-state index in [1.165, 1.54) is 0 Å². The number of carbonyl (C=O) groups excluding carboxylic acids is 3. The predicted molar refractivity (Wildman–Crippen MR) is 167 cm³/mol. The second-order valence-corrected chi connectivity index (χ2v) is 15.0. The molecule has 3 N–H and O–H groups in total. The van der Waals surface area contributed by atoms with Crippen LogP contribution in [0, 0.1) is 29.6 Å². The van der Waals surface area contributed by atoms with Crippen LogP contribution in [0.15, 0.2) is 56.8 Å². The van der Waals surface area contributed by atoms with Gasteiger partial charge in [0, 0.05) is 43.3 Å². The highest BCUT2D eigenvalue weighted by Crippen LogP contribution is 2.69. The lowest BCUT2D eigenvalue weighted by atomic mass is 9.68. The minimum Gasteiger partial charge on any atom is -0.483 e. The summed E-state index contributed by atoms with van der Waals surface area (Å²) in [6.45, 7) is -0.390. The lowest BCUT2D eigenvalue weighted by Gasteiger charge is -2.43. The van der Waals surface area contributed by atoms with E-state index in [0.717, 1.165) is 36.2 Å². The zero-order valence-electron chi connectivity index (χ0n) is 22.8. The number of hydrogen-bond donors (Lipinski definition) is 3. The van der Waals surface area contributed by atoms with E-state index in [0.29, 0.717) is 22.9 Å². The number of imide groups is 1. The number of ether oxygens (including phenoxy) is 1. The maximum absolute atomic E-state index is 13.6. The van der Waals surface area contributed by atoms with Crippen molar-refractivity contribution in [2.45, 2.75) is 29.0 Å². The molecular formula is C30H25BrClN3O7S2. The smallest absolute Gasteiger partial charge is 0.305 e. The van der Waals surface area contributed by atoms with Crippen molar-refractivity contribution in [1.82, 2.24) is 9.88 Å². The van der Waals surface area contributed by atoms with Crippen molar-refractivity contribution in [2.75, 3.05) is 18.5 Å². The van der Waals surface area contributed by atoms with E-state index in [4.69, 9.17) is 16.3 Å². The molecule has 2 aromatic carbocycles. The first-order valence-corrected chi connectivity index (χ1v) is 16.9. The Kier molecular flexibility index (Phi) is 7.62. The van der Waals surface area contributed by atoms with E-state index in [-0.39, 0.29) is 71.1 Å². The first-order valence-electron chi connectivity index (χ1n) is 14.0. The Balaban J connectivity index is 1.21. The third-order valence-electron chi connectivity index (χ3n) is 9.16. The number of benzene rings is 2. The Labute approximate surface area is 272 Å². The lowest BCUT2D eigenvalue weighted by Crippen LogP contribution is -2.42. The maximum Gasteiger partial charge on any atom is 0.305 e. The number of hydrogen-bond acceptors (Lipinski definition) is 8. The molecule has 2 bridgehead atoms. The van der Waals surface area contributed by atoms with Gasteiger partial charge in [0.2, 0.25) is 11.8 Å². The number of fused-ring (bicyclic) bond motifs is 9. The van der Waals surface area contributed by atoms with Crippen molar-refractivity contribution in [3.8, 4) is 5.75 Å². The predicted octanol–water partition coefficient (Wildman–Crippen LogP) is 4.82. The fourth-order valence-electron chi connectivity index (χ4n) is 7.62. The fraction of sp³-hybridized carbons (Fsp3) is 0.367. The van der Waals surface area contributed by atoms with E-state index >= 15 is 0 Å². The molecule has 228 valence electrons. The van der Waals surface area contributed by atoms with Gasteiger partial charge in [-0.3, -0.25) is 28.9 Å². The van der Waals surface area contributed by atoms with Crippen molar-refractivity contribution in [3.05, 3.63) is 72.1 Å². The molecule has 0 spiro atoms. The van der Waals surface area contributed by atoms with Crippen LogP contribution in [0.25, 0.3) is 0 Å². The number of nitrogens with zero attached hydrogens (tertiary/aromatic N) is 1. The zero-order valence-corrected chi connectivity index (χ0v) is 26.8. The molecule has 2 aliphatic heterocycles. The summed E-state index contributed by atoms with van der Waals surface area (Å²) in [5.74, 6) is -3.16. The molecule has 7 atom stereocenters. The van der Waals surface area contributed by atoms with Crippen LogP contribution >= 0.6 is 50.6 Å². The van der Waals surface area contributed by atoms with Crippen LogP contribution in [0.2, 0.25) is 5.02 Å². The van der Waals surface area contributed by atoms with E-state index in [1.54, 1.807) is 42.1 Å². The molecule has 14 heteroatoms. The van der Waals surface area contributed by atoms with Gasteiger partial charge in [-0.05, 0) is 66.6 Å². The second kappa shape index (κ2) is 11.3. The molecule has 3 heterocycles. The number of aromatic nitrogens is 1. The van der Waals surface area contributed by atoms with E-state index in [1.807, 2.05) is 12.1 Å². The quantitative estimate of drug-likeness (QED) is 0.281. The van der Waals surface area contributed by atoms with Gasteiger partial charge in [-0.15, -0.1) is 11.8 Å². The van der Waals surface area contributed by atoms with Crippen molar-refractivity contribution in [3.63, 3.8) is 0 Å².